The molecular formula is C15H24N6OS. The van der Waals surface area contributed by atoms with Gasteiger partial charge in [0.15, 0.2) is 0 Å². The van der Waals surface area contributed by atoms with Gasteiger partial charge in [-0.15, -0.1) is 10.2 Å². The normalized spacial score (nSPS) is 11.2. The molecule has 2 heterocycles. The summed E-state index contributed by atoms with van der Waals surface area (Å²) in [5, 5.41) is 16.8. The van der Waals surface area contributed by atoms with E-state index in [1.165, 1.54) is 16.9 Å². The summed E-state index contributed by atoms with van der Waals surface area (Å²) in [6.07, 6.45) is 1.75. The third-order valence-corrected chi connectivity index (χ3v) is 4.56. The largest absolute Gasteiger partial charge is 0.309 e. The molecule has 23 heavy (non-hydrogen) atoms. The Balaban J connectivity index is 1.95. The van der Waals surface area contributed by atoms with E-state index in [0.29, 0.717) is 5.13 Å². The van der Waals surface area contributed by atoms with Crippen LogP contribution in [0.2, 0.25) is 0 Å². The summed E-state index contributed by atoms with van der Waals surface area (Å²) in [6.45, 7) is 7.17. The third kappa shape index (κ3) is 4.59. The maximum absolute atomic E-state index is 12.2. The van der Waals surface area contributed by atoms with Crippen LogP contribution in [0.3, 0.4) is 0 Å². The highest BCUT2D eigenvalue weighted by Crippen LogP contribution is 2.17. The molecule has 0 radical (unpaired) electrons. The van der Waals surface area contributed by atoms with Gasteiger partial charge in [0.05, 0.1) is 5.69 Å². The zero-order valence-corrected chi connectivity index (χ0v) is 15.2. The minimum absolute atomic E-state index is 0.131. The number of aromatic nitrogens is 4. The lowest BCUT2D eigenvalue weighted by molar-refractivity contribution is -0.116. The van der Waals surface area contributed by atoms with E-state index in [0.717, 1.165) is 35.8 Å². The summed E-state index contributed by atoms with van der Waals surface area (Å²) < 4.78 is 1.75. The fourth-order valence-corrected chi connectivity index (χ4v) is 3.16. The molecule has 0 fully saturated rings. The number of carbonyl (C=O) groups is 1. The summed E-state index contributed by atoms with van der Waals surface area (Å²) in [4.78, 5) is 14.3. The van der Waals surface area contributed by atoms with E-state index in [4.69, 9.17) is 0 Å². The minimum Gasteiger partial charge on any atom is -0.309 e. The van der Waals surface area contributed by atoms with E-state index in [9.17, 15) is 4.79 Å². The maximum Gasteiger partial charge on any atom is 0.247 e. The van der Waals surface area contributed by atoms with Gasteiger partial charge in [-0.05, 0) is 39.9 Å². The van der Waals surface area contributed by atoms with E-state index in [1.54, 1.807) is 4.68 Å². The molecule has 0 aliphatic carbocycles. The van der Waals surface area contributed by atoms with Crippen LogP contribution in [0, 0.1) is 13.8 Å². The summed E-state index contributed by atoms with van der Waals surface area (Å²) in [5.41, 5.74) is 3.24. The lowest BCUT2D eigenvalue weighted by atomic mass is 10.1. The maximum atomic E-state index is 12.2. The number of nitrogens with one attached hydrogen (secondary N) is 1. The Bertz CT molecular complexity index is 676. The number of hydrogen-bond acceptors (Lipinski definition) is 6. The predicted molar refractivity (Wildman–Crippen MR) is 91.9 cm³/mol. The summed E-state index contributed by atoms with van der Waals surface area (Å²) in [5.74, 6) is -0.131. The van der Waals surface area contributed by atoms with Gasteiger partial charge in [-0.1, -0.05) is 18.3 Å². The Labute approximate surface area is 140 Å². The van der Waals surface area contributed by atoms with Crippen molar-refractivity contribution in [2.45, 2.75) is 40.2 Å². The van der Waals surface area contributed by atoms with Crippen LogP contribution in [0.15, 0.2) is 0 Å². The fraction of sp³-hybridized carbons (Fsp3) is 0.600. The Morgan fingerprint density at radius 3 is 2.65 bits per heavy atom. The number of aryl methyl sites for hydroxylation is 1. The van der Waals surface area contributed by atoms with Crippen molar-refractivity contribution < 1.29 is 4.79 Å². The molecule has 2 aromatic heterocycles. The van der Waals surface area contributed by atoms with Gasteiger partial charge in [-0.25, -0.2) is 0 Å². The van der Waals surface area contributed by atoms with Crippen molar-refractivity contribution in [1.82, 2.24) is 24.9 Å². The fourth-order valence-electron chi connectivity index (χ4n) is 2.42. The predicted octanol–water partition coefficient (Wildman–Crippen LogP) is 1.66. The van der Waals surface area contributed by atoms with Crippen LogP contribution >= 0.6 is 11.3 Å². The highest BCUT2D eigenvalue weighted by atomic mass is 32.1. The molecule has 2 rings (SSSR count). The van der Waals surface area contributed by atoms with Gasteiger partial charge in [0.25, 0.3) is 0 Å². The molecule has 0 aromatic carbocycles. The average Bonchev–Trinajstić information content (AvgIpc) is 3.02. The van der Waals surface area contributed by atoms with E-state index in [-0.39, 0.29) is 12.5 Å². The van der Waals surface area contributed by atoms with Crippen molar-refractivity contribution in [3.8, 4) is 0 Å². The van der Waals surface area contributed by atoms with Crippen molar-refractivity contribution in [3.63, 3.8) is 0 Å². The Morgan fingerprint density at radius 2 is 2.04 bits per heavy atom. The number of rotatable bonds is 7. The van der Waals surface area contributed by atoms with E-state index in [2.05, 4.69) is 32.4 Å². The number of carbonyl (C=O) groups excluding carboxylic acids is 1. The molecule has 1 amide bonds. The van der Waals surface area contributed by atoms with Crippen LogP contribution in [0.4, 0.5) is 5.13 Å². The van der Waals surface area contributed by atoms with Crippen molar-refractivity contribution in [3.05, 3.63) is 22.0 Å². The van der Waals surface area contributed by atoms with Crippen molar-refractivity contribution in [2.24, 2.45) is 0 Å². The first kappa shape index (κ1) is 17.6. The lowest BCUT2D eigenvalue weighted by Crippen LogP contribution is -2.20. The van der Waals surface area contributed by atoms with Gasteiger partial charge in [-0.2, -0.15) is 5.10 Å². The molecule has 0 aliphatic rings. The topological polar surface area (TPSA) is 75.9 Å². The van der Waals surface area contributed by atoms with Crippen LogP contribution in [-0.2, 0) is 24.2 Å². The summed E-state index contributed by atoms with van der Waals surface area (Å²) in [6, 6.07) is 0. The van der Waals surface area contributed by atoms with Crippen molar-refractivity contribution in [1.29, 1.82) is 0 Å². The van der Waals surface area contributed by atoms with E-state index in [1.807, 2.05) is 27.9 Å². The Morgan fingerprint density at radius 1 is 1.30 bits per heavy atom. The second kappa shape index (κ2) is 7.65. The molecule has 0 bridgehead atoms. The van der Waals surface area contributed by atoms with Crippen molar-refractivity contribution >= 4 is 22.4 Å². The quantitative estimate of drug-likeness (QED) is 0.832. The standard InChI is InChI=1S/C15H24N6OS/c1-6-12-10(2)19-21(11(12)3)9-13(22)16-15-18-17-14(23-15)7-8-20(4)5/h6-9H2,1-5H3,(H,16,18,22). The number of anilines is 1. The summed E-state index contributed by atoms with van der Waals surface area (Å²) >= 11 is 1.42. The molecule has 0 aliphatic heterocycles. The zero-order valence-electron chi connectivity index (χ0n) is 14.4. The Hall–Kier alpha value is -1.80. The van der Waals surface area contributed by atoms with Gasteiger partial charge in [0.1, 0.15) is 11.6 Å². The van der Waals surface area contributed by atoms with Crippen LogP contribution < -0.4 is 5.32 Å². The highest BCUT2D eigenvalue weighted by Gasteiger charge is 2.14. The summed E-state index contributed by atoms with van der Waals surface area (Å²) in [7, 11) is 4.03. The van der Waals surface area contributed by atoms with E-state index < -0.39 is 0 Å². The average molecular weight is 336 g/mol. The second-order valence-electron chi connectivity index (χ2n) is 5.76. The van der Waals surface area contributed by atoms with Gasteiger partial charge < -0.3 is 4.90 Å². The lowest BCUT2D eigenvalue weighted by Gasteiger charge is -2.06. The molecule has 8 heteroatoms. The number of nitrogens with zero attached hydrogens (tertiary/aromatic N) is 5. The molecule has 0 saturated carbocycles. The van der Waals surface area contributed by atoms with E-state index >= 15 is 0 Å². The molecule has 2 aromatic rings. The number of likely N-dealkylation sites (N-methyl/N-ethyl adjacent to an activating group) is 1. The third-order valence-electron chi connectivity index (χ3n) is 3.66. The minimum atomic E-state index is -0.131. The molecule has 0 spiro atoms. The van der Waals surface area contributed by atoms with Gasteiger partial charge in [0.2, 0.25) is 11.0 Å². The molecule has 126 valence electrons. The molecule has 1 N–H and O–H groups in total. The monoisotopic (exact) mass is 336 g/mol. The zero-order chi connectivity index (χ0) is 17.0. The van der Waals surface area contributed by atoms with Crippen LogP contribution in [0.5, 0.6) is 0 Å². The van der Waals surface area contributed by atoms with Crippen molar-refractivity contribution in [2.75, 3.05) is 26.0 Å². The van der Waals surface area contributed by atoms with Gasteiger partial charge >= 0.3 is 0 Å². The molecule has 7 nitrogen and oxygen atoms in total. The molecule has 0 saturated heterocycles. The first-order valence-corrected chi connectivity index (χ1v) is 8.52. The molecular weight excluding hydrogens is 312 g/mol. The first-order valence-electron chi connectivity index (χ1n) is 7.70. The van der Waals surface area contributed by atoms with Crippen LogP contribution in [-0.4, -0.2) is 51.4 Å². The number of amides is 1. The number of hydrogen-bond donors (Lipinski definition) is 1. The smallest absolute Gasteiger partial charge is 0.247 e. The van der Waals surface area contributed by atoms with Gasteiger partial charge in [-0.3, -0.25) is 14.8 Å². The first-order chi connectivity index (χ1) is 10.9. The second-order valence-corrected chi connectivity index (χ2v) is 6.83. The highest BCUT2D eigenvalue weighted by molar-refractivity contribution is 7.15. The molecule has 0 atom stereocenters. The van der Waals surface area contributed by atoms with Crippen LogP contribution in [0.1, 0.15) is 28.9 Å². The van der Waals surface area contributed by atoms with Gasteiger partial charge in [0, 0.05) is 18.7 Å². The van der Waals surface area contributed by atoms with Crippen LogP contribution in [0.25, 0.3) is 0 Å². The SMILES string of the molecule is CCc1c(C)nn(CC(=O)Nc2nnc(CCN(C)C)s2)c1C. The molecule has 0 unspecified atom stereocenters. The Kier molecular flexibility index (Phi) is 5.84.